The van der Waals surface area contributed by atoms with E-state index in [-0.39, 0.29) is 63.8 Å². The Morgan fingerprint density at radius 1 is 0.951 bits per heavy atom. The third kappa shape index (κ3) is 12.0. The second-order valence-electron chi connectivity index (χ2n) is 23.6. The van der Waals surface area contributed by atoms with Crippen molar-refractivity contribution in [1.29, 1.82) is 0 Å². The molecule has 1 spiro atoms. The summed E-state index contributed by atoms with van der Waals surface area (Å²) in [5.41, 5.74) is 4.60. The van der Waals surface area contributed by atoms with Gasteiger partial charge in [-0.25, -0.2) is 22.5 Å². The molecule has 11 rings (SSSR count). The number of aromatic nitrogens is 4. The number of carbonyl (C=O) groups is 1. The standard InChI is InChI=1S/C60H73FN10O9S/c1-6-79-58-54(28-47-49(61)34-65-55(47)66-58)80-53-26-41(13-14-46(53)57(72)67-81(76,77)43-27-50(71(74)75)56(64-32-43)63-31-38-15-17-59(4,73)18-16-38)69-21-19-60(20-22-69)29-42(30-60)70-24-23-68(36-51(70)45-10-8-7-9-44(45)37(2)3)35-40-25-52(78-5)48(33-62-40)39-11-12-39/h7-10,13-14,25-28,32-34,37-39,42,51,73H,6,11-12,15-24,29-31,35-36H2,1-5H3,(H,63,64)(H,65,66)(H,67,72)/t38?,51-,59?/m0/s1. The van der Waals surface area contributed by atoms with E-state index in [0.29, 0.717) is 50.1 Å². The Bertz CT molecular complexity index is 3420. The molecule has 4 aromatic heterocycles. The number of hydrogen-bond acceptors (Lipinski definition) is 16. The van der Waals surface area contributed by atoms with Crippen LogP contribution in [0.25, 0.3) is 11.0 Å². The first-order chi connectivity index (χ1) is 38.9. The maximum absolute atomic E-state index is 15.0. The topological polar surface area (TPSA) is 231 Å². The van der Waals surface area contributed by atoms with E-state index in [9.17, 15) is 28.4 Å². The van der Waals surface area contributed by atoms with Crippen molar-refractivity contribution in [1.82, 2.24) is 34.5 Å². The van der Waals surface area contributed by atoms with Crippen molar-refractivity contribution in [3.8, 4) is 23.1 Å². The molecule has 0 unspecified atom stereocenters. The van der Waals surface area contributed by atoms with Gasteiger partial charge in [0.1, 0.15) is 27.9 Å². The van der Waals surface area contributed by atoms with Gasteiger partial charge in [0.15, 0.2) is 5.75 Å². The predicted octanol–water partition coefficient (Wildman–Crippen LogP) is 10.4. The predicted molar refractivity (Wildman–Crippen MR) is 305 cm³/mol. The normalized spacial score (nSPS) is 21.7. The molecule has 1 amide bonds. The first kappa shape index (κ1) is 55.9. The molecule has 2 aromatic carbocycles. The molecule has 3 saturated carbocycles. The van der Waals surface area contributed by atoms with Crippen LogP contribution in [0.5, 0.6) is 23.1 Å². The second kappa shape index (κ2) is 22.8. The number of H-pyrrole nitrogens is 1. The lowest BCUT2D eigenvalue weighted by atomic mass is 9.59. The number of piperidine rings is 1. The number of hydrogen-bond donors (Lipinski definition) is 4. The summed E-state index contributed by atoms with van der Waals surface area (Å²) in [6, 6.07) is 18.9. The minimum absolute atomic E-state index is 0.00823. The lowest BCUT2D eigenvalue weighted by Gasteiger charge is -2.58. The van der Waals surface area contributed by atoms with Crippen LogP contribution in [0.3, 0.4) is 0 Å². The van der Waals surface area contributed by atoms with E-state index in [1.54, 1.807) is 33.1 Å². The third-order valence-electron chi connectivity index (χ3n) is 17.6. The Morgan fingerprint density at radius 3 is 2.43 bits per heavy atom. The number of carbonyl (C=O) groups excluding carboxylic acids is 1. The monoisotopic (exact) mass is 1130 g/mol. The number of halogens is 1. The number of ether oxygens (including phenoxy) is 3. The number of amides is 1. The van der Waals surface area contributed by atoms with Crippen LogP contribution in [-0.2, 0) is 16.6 Å². The van der Waals surface area contributed by atoms with Gasteiger partial charge in [-0.05, 0) is 124 Å². The first-order valence-electron chi connectivity index (χ1n) is 28.5. The first-order valence-corrected chi connectivity index (χ1v) is 30.0. The zero-order chi connectivity index (χ0) is 56.8. The number of piperazine rings is 1. The molecule has 19 nitrogen and oxygen atoms in total. The number of nitrogens with one attached hydrogen (secondary N) is 3. The fourth-order valence-electron chi connectivity index (χ4n) is 12.8. The highest BCUT2D eigenvalue weighted by molar-refractivity contribution is 7.90. The lowest BCUT2D eigenvalue weighted by Crippen LogP contribution is -2.60. The molecule has 5 fully saturated rings. The van der Waals surface area contributed by atoms with Crippen molar-refractivity contribution in [3.63, 3.8) is 0 Å². The molecule has 3 aliphatic carbocycles. The summed E-state index contributed by atoms with van der Waals surface area (Å²) in [5.74, 6) is 0.187. The molecular formula is C60H73FN10O9S. The molecule has 21 heteroatoms. The largest absolute Gasteiger partial charge is 0.496 e. The molecule has 6 aromatic rings. The van der Waals surface area contributed by atoms with Gasteiger partial charge in [0.2, 0.25) is 5.82 Å². The smallest absolute Gasteiger partial charge is 0.312 e. The molecule has 2 aliphatic heterocycles. The highest BCUT2D eigenvalue weighted by atomic mass is 32.2. The number of rotatable bonds is 19. The highest BCUT2D eigenvalue weighted by Crippen LogP contribution is 2.54. The van der Waals surface area contributed by atoms with Crippen LogP contribution in [0, 0.1) is 27.3 Å². The van der Waals surface area contributed by atoms with Crippen molar-refractivity contribution in [2.75, 3.05) is 63.2 Å². The molecule has 5 aliphatic rings. The van der Waals surface area contributed by atoms with Crippen LogP contribution in [0.1, 0.15) is 143 Å². The van der Waals surface area contributed by atoms with E-state index in [4.69, 9.17) is 19.2 Å². The van der Waals surface area contributed by atoms with Gasteiger partial charge in [0, 0.05) is 106 Å². The van der Waals surface area contributed by atoms with E-state index in [0.717, 1.165) is 101 Å². The lowest BCUT2D eigenvalue weighted by molar-refractivity contribution is -0.384. The van der Waals surface area contributed by atoms with Gasteiger partial charge in [0.05, 0.1) is 47.1 Å². The van der Waals surface area contributed by atoms with Gasteiger partial charge in [-0.15, -0.1) is 0 Å². The van der Waals surface area contributed by atoms with E-state index in [1.807, 2.05) is 6.20 Å². The summed E-state index contributed by atoms with van der Waals surface area (Å²) >= 11 is 0. The molecule has 430 valence electrons. The molecule has 6 heterocycles. The average Bonchev–Trinajstić information content (AvgIpc) is 4.28. The number of benzene rings is 2. The highest BCUT2D eigenvalue weighted by Gasteiger charge is 2.50. The molecule has 4 N–H and O–H groups in total. The number of sulfonamides is 1. The number of fused-ring (bicyclic) bond motifs is 1. The van der Waals surface area contributed by atoms with Gasteiger partial charge < -0.3 is 34.5 Å². The van der Waals surface area contributed by atoms with Gasteiger partial charge in [-0.3, -0.25) is 29.7 Å². The molecular weight excluding hydrogens is 1060 g/mol. The fraction of sp³-hybridized carbons (Fsp3) is 0.500. The van der Waals surface area contributed by atoms with Gasteiger partial charge in [-0.2, -0.15) is 4.98 Å². The maximum atomic E-state index is 15.0. The zero-order valence-corrected chi connectivity index (χ0v) is 47.6. The van der Waals surface area contributed by atoms with E-state index >= 15 is 4.39 Å². The van der Waals surface area contributed by atoms with Crippen molar-refractivity contribution in [2.45, 2.75) is 133 Å². The van der Waals surface area contributed by atoms with E-state index < -0.39 is 42.9 Å². The summed E-state index contributed by atoms with van der Waals surface area (Å²) in [6.45, 7) is 13.6. The van der Waals surface area contributed by atoms with Crippen LogP contribution in [0.4, 0.5) is 21.6 Å². The quantitative estimate of drug-likeness (QED) is 0.0436. The fourth-order valence-corrected chi connectivity index (χ4v) is 13.7. The van der Waals surface area contributed by atoms with Crippen molar-refractivity contribution >= 4 is 44.2 Å². The summed E-state index contributed by atoms with van der Waals surface area (Å²) < 4.78 is 63.1. The molecule has 2 saturated heterocycles. The summed E-state index contributed by atoms with van der Waals surface area (Å²) in [7, 11) is -3.00. The van der Waals surface area contributed by atoms with Crippen molar-refractivity contribution in [3.05, 3.63) is 123 Å². The van der Waals surface area contributed by atoms with E-state index in [2.05, 4.69) is 83.9 Å². The maximum Gasteiger partial charge on any atom is 0.312 e. The Balaban J connectivity index is 0.804. The van der Waals surface area contributed by atoms with E-state index in [1.165, 1.54) is 41.7 Å². The Kier molecular flexibility index (Phi) is 15.7. The van der Waals surface area contributed by atoms with Crippen LogP contribution in [0.2, 0.25) is 0 Å². The summed E-state index contributed by atoms with van der Waals surface area (Å²) in [6.07, 6.45) is 13.2. The van der Waals surface area contributed by atoms with Crippen LogP contribution in [-0.4, -0.2) is 119 Å². The minimum atomic E-state index is -4.75. The molecule has 1 atom stereocenters. The number of methoxy groups -OCH3 is 1. The van der Waals surface area contributed by atoms with Crippen molar-refractivity contribution in [2.24, 2.45) is 11.3 Å². The number of anilines is 2. The van der Waals surface area contributed by atoms with Gasteiger partial charge >= 0.3 is 5.69 Å². The van der Waals surface area contributed by atoms with Gasteiger partial charge in [0.25, 0.3) is 21.8 Å². The average molecular weight is 1130 g/mol. The zero-order valence-electron chi connectivity index (χ0n) is 46.8. The number of nitrogens with zero attached hydrogens (tertiary/aromatic N) is 7. The van der Waals surface area contributed by atoms with Crippen LogP contribution < -0.4 is 29.1 Å². The summed E-state index contributed by atoms with van der Waals surface area (Å²) in [4.78, 5) is 49.1. The third-order valence-corrected chi connectivity index (χ3v) is 18.9. The van der Waals surface area contributed by atoms with Crippen LogP contribution >= 0.6 is 0 Å². The molecule has 0 bridgehead atoms. The minimum Gasteiger partial charge on any atom is -0.496 e. The number of nitro groups is 1. The Hall–Kier alpha value is -6.94. The van der Waals surface area contributed by atoms with Gasteiger partial charge in [-0.1, -0.05) is 38.1 Å². The van der Waals surface area contributed by atoms with Crippen molar-refractivity contribution < 1.29 is 41.8 Å². The number of pyridine rings is 3. The molecule has 0 radical (unpaired) electrons. The second-order valence-corrected chi connectivity index (χ2v) is 25.3. The Morgan fingerprint density at radius 2 is 1.72 bits per heavy atom. The molecule has 81 heavy (non-hydrogen) atoms. The van der Waals surface area contributed by atoms with Crippen LogP contribution in [0.15, 0.2) is 84.1 Å². The number of aromatic amines is 1. The Labute approximate surface area is 472 Å². The summed E-state index contributed by atoms with van der Waals surface area (Å²) in [5, 5.41) is 25.8. The SMILES string of the molecule is CCOc1nc2[nH]cc(F)c2cc1Oc1cc(N2CCC3(CC2)CC(N2CCN(Cc4cc(OC)c(C5CC5)cn4)C[C@H]2c2ccccc2C(C)C)C3)ccc1C(=O)NS(=O)(=O)c1cnc(NCC2CCC(C)(O)CC2)c([N+](=O)[O-])c1. The number of aliphatic hydroxyl groups is 1.